The first-order chi connectivity index (χ1) is 17.0. The molecule has 0 atom stereocenters. The zero-order valence-corrected chi connectivity index (χ0v) is 21.5. The van der Waals surface area contributed by atoms with Gasteiger partial charge < -0.3 is 16.0 Å². The summed E-state index contributed by atoms with van der Waals surface area (Å²) in [5.41, 5.74) is 5.89. The largest absolute Gasteiger partial charge is 0.336 e. The highest BCUT2D eigenvalue weighted by Crippen LogP contribution is 2.30. The minimum Gasteiger partial charge on any atom is -0.336 e. The SMILES string of the molecule is Cc1c(NC(=O)c2ccc(C(C)(C)C)cc2)cccc1-c1cc(NC(=O)NC(C)C)c2nccn2n1. The van der Waals surface area contributed by atoms with Gasteiger partial charge in [-0.1, -0.05) is 45.0 Å². The summed E-state index contributed by atoms with van der Waals surface area (Å²) in [6.07, 6.45) is 3.36. The second-order valence-corrected chi connectivity index (χ2v) is 10.2. The maximum Gasteiger partial charge on any atom is 0.319 e. The number of hydrogen-bond acceptors (Lipinski definition) is 4. The minimum absolute atomic E-state index is 0.00530. The van der Waals surface area contributed by atoms with Crippen molar-refractivity contribution in [2.45, 2.75) is 53.0 Å². The van der Waals surface area contributed by atoms with E-state index in [2.05, 4.69) is 46.8 Å². The monoisotopic (exact) mass is 484 g/mol. The number of benzene rings is 2. The maximum absolute atomic E-state index is 13.0. The fourth-order valence-corrected chi connectivity index (χ4v) is 3.93. The van der Waals surface area contributed by atoms with Crippen LogP contribution < -0.4 is 16.0 Å². The van der Waals surface area contributed by atoms with Gasteiger partial charge in [-0.2, -0.15) is 5.10 Å². The number of fused-ring (bicyclic) bond motifs is 1. The first kappa shape index (κ1) is 24.9. The van der Waals surface area contributed by atoms with Gasteiger partial charge in [0.15, 0.2) is 5.65 Å². The Morgan fingerprint density at radius 2 is 1.69 bits per heavy atom. The number of amides is 3. The Kier molecular flexibility index (Phi) is 6.79. The molecule has 0 radical (unpaired) electrons. The van der Waals surface area contributed by atoms with Crippen LogP contribution in [0.4, 0.5) is 16.2 Å². The van der Waals surface area contributed by atoms with E-state index in [0.29, 0.717) is 28.3 Å². The lowest BCUT2D eigenvalue weighted by Gasteiger charge is -2.19. The van der Waals surface area contributed by atoms with Crippen molar-refractivity contribution in [1.29, 1.82) is 0 Å². The molecule has 0 unspecified atom stereocenters. The predicted molar refractivity (Wildman–Crippen MR) is 144 cm³/mol. The molecule has 2 heterocycles. The molecule has 4 aromatic rings. The number of carbonyl (C=O) groups excluding carboxylic acids is 2. The number of hydrogen-bond donors (Lipinski definition) is 3. The van der Waals surface area contributed by atoms with Crippen molar-refractivity contribution in [3.05, 3.63) is 77.6 Å². The smallest absolute Gasteiger partial charge is 0.319 e. The molecule has 0 bridgehead atoms. The standard InChI is InChI=1S/C28H32N6O2/c1-17(2)30-27(36)32-24-16-23(33-34-15-14-29-25(24)34)21-8-7-9-22(18(21)3)31-26(35)19-10-12-20(13-11-19)28(4,5)6/h7-17H,1-6H3,(H,31,35)(H2,30,32,36). The van der Waals surface area contributed by atoms with Crippen molar-refractivity contribution in [3.63, 3.8) is 0 Å². The lowest BCUT2D eigenvalue weighted by Crippen LogP contribution is -2.34. The van der Waals surface area contributed by atoms with Crippen LogP contribution in [0.1, 0.15) is 56.1 Å². The molecule has 0 aliphatic rings. The van der Waals surface area contributed by atoms with Crippen molar-refractivity contribution >= 4 is 29.0 Å². The van der Waals surface area contributed by atoms with E-state index in [1.54, 1.807) is 23.0 Å². The number of nitrogens with zero attached hydrogens (tertiary/aromatic N) is 3. The Balaban J connectivity index is 1.63. The molecular formula is C28H32N6O2. The first-order valence-corrected chi connectivity index (χ1v) is 12.0. The van der Waals surface area contributed by atoms with Crippen LogP contribution >= 0.6 is 0 Å². The zero-order chi connectivity index (χ0) is 26.0. The molecule has 8 heteroatoms. The van der Waals surface area contributed by atoms with Crippen molar-refractivity contribution in [2.75, 3.05) is 10.6 Å². The average Bonchev–Trinajstić information content (AvgIpc) is 3.28. The molecule has 0 spiro atoms. The summed E-state index contributed by atoms with van der Waals surface area (Å²) in [5, 5.41) is 13.4. The number of rotatable bonds is 5. The van der Waals surface area contributed by atoms with Gasteiger partial charge in [0.05, 0.1) is 11.4 Å². The number of aromatic nitrogens is 3. The van der Waals surface area contributed by atoms with E-state index in [0.717, 1.165) is 11.1 Å². The molecule has 0 fully saturated rings. The van der Waals surface area contributed by atoms with Crippen molar-refractivity contribution < 1.29 is 9.59 Å². The van der Waals surface area contributed by atoms with Gasteiger partial charge in [0.1, 0.15) is 0 Å². The van der Waals surface area contributed by atoms with Crippen LogP contribution in [0, 0.1) is 6.92 Å². The van der Waals surface area contributed by atoms with Crippen LogP contribution in [0.2, 0.25) is 0 Å². The van der Waals surface area contributed by atoms with E-state index in [4.69, 9.17) is 0 Å². The Labute approximate surface area is 211 Å². The molecule has 2 aromatic carbocycles. The lowest BCUT2D eigenvalue weighted by atomic mass is 9.86. The van der Waals surface area contributed by atoms with E-state index >= 15 is 0 Å². The Bertz CT molecular complexity index is 1410. The molecule has 0 saturated carbocycles. The van der Waals surface area contributed by atoms with Crippen molar-refractivity contribution in [3.8, 4) is 11.3 Å². The summed E-state index contributed by atoms with van der Waals surface area (Å²) >= 11 is 0. The number of carbonyl (C=O) groups is 2. The number of urea groups is 1. The van der Waals surface area contributed by atoms with Gasteiger partial charge in [0, 0.05) is 35.2 Å². The molecule has 4 rings (SSSR count). The van der Waals surface area contributed by atoms with Crippen LogP contribution in [-0.4, -0.2) is 32.6 Å². The molecule has 36 heavy (non-hydrogen) atoms. The predicted octanol–water partition coefficient (Wildman–Crippen LogP) is 5.78. The third kappa shape index (κ3) is 5.38. The first-order valence-electron chi connectivity index (χ1n) is 12.0. The molecule has 2 aromatic heterocycles. The van der Waals surface area contributed by atoms with Crippen LogP contribution in [-0.2, 0) is 5.41 Å². The molecule has 186 valence electrons. The molecule has 0 aliphatic carbocycles. The summed E-state index contributed by atoms with van der Waals surface area (Å²) in [6.45, 7) is 12.2. The van der Waals surface area contributed by atoms with E-state index in [1.807, 2.05) is 63.2 Å². The fraction of sp³-hybridized carbons (Fsp3) is 0.286. The highest BCUT2D eigenvalue weighted by molar-refractivity contribution is 6.05. The third-order valence-electron chi connectivity index (χ3n) is 5.90. The van der Waals surface area contributed by atoms with Crippen LogP contribution in [0.25, 0.3) is 16.9 Å². The number of nitrogens with one attached hydrogen (secondary N) is 3. The van der Waals surface area contributed by atoms with Gasteiger partial charge in [0.25, 0.3) is 5.91 Å². The van der Waals surface area contributed by atoms with Crippen molar-refractivity contribution in [2.24, 2.45) is 0 Å². The van der Waals surface area contributed by atoms with Gasteiger partial charge in [0.2, 0.25) is 0 Å². The molecule has 0 aliphatic heterocycles. The number of anilines is 2. The van der Waals surface area contributed by atoms with Crippen LogP contribution in [0.3, 0.4) is 0 Å². The minimum atomic E-state index is -0.317. The van der Waals surface area contributed by atoms with Crippen LogP contribution in [0.5, 0.6) is 0 Å². The maximum atomic E-state index is 13.0. The van der Waals surface area contributed by atoms with Gasteiger partial charge in [-0.05, 0) is 61.6 Å². The molecule has 3 amide bonds. The second kappa shape index (κ2) is 9.81. The quantitative estimate of drug-likeness (QED) is 0.334. The third-order valence-corrected chi connectivity index (χ3v) is 5.90. The summed E-state index contributed by atoms with van der Waals surface area (Å²) in [6, 6.07) is 14.8. The number of imidazole rings is 1. The van der Waals surface area contributed by atoms with Gasteiger partial charge in [-0.15, -0.1) is 0 Å². The van der Waals surface area contributed by atoms with Crippen molar-refractivity contribution in [1.82, 2.24) is 19.9 Å². The van der Waals surface area contributed by atoms with E-state index in [-0.39, 0.29) is 23.4 Å². The van der Waals surface area contributed by atoms with E-state index < -0.39 is 0 Å². The average molecular weight is 485 g/mol. The highest BCUT2D eigenvalue weighted by Gasteiger charge is 2.17. The second-order valence-electron chi connectivity index (χ2n) is 10.2. The van der Waals surface area contributed by atoms with E-state index in [1.165, 1.54) is 5.56 Å². The highest BCUT2D eigenvalue weighted by atomic mass is 16.2. The summed E-state index contributed by atoms with van der Waals surface area (Å²) in [7, 11) is 0. The molecule has 8 nitrogen and oxygen atoms in total. The molecular weight excluding hydrogens is 452 g/mol. The fourth-order valence-electron chi connectivity index (χ4n) is 3.93. The Morgan fingerprint density at radius 1 is 0.972 bits per heavy atom. The summed E-state index contributed by atoms with van der Waals surface area (Å²) in [5.74, 6) is -0.179. The van der Waals surface area contributed by atoms with Gasteiger partial charge >= 0.3 is 6.03 Å². The van der Waals surface area contributed by atoms with Gasteiger partial charge in [-0.25, -0.2) is 14.3 Å². The van der Waals surface area contributed by atoms with Gasteiger partial charge in [-0.3, -0.25) is 4.79 Å². The molecule has 3 N–H and O–H groups in total. The topological polar surface area (TPSA) is 100 Å². The lowest BCUT2D eigenvalue weighted by molar-refractivity contribution is 0.102. The molecule has 0 saturated heterocycles. The summed E-state index contributed by atoms with van der Waals surface area (Å²) < 4.78 is 1.63. The normalized spacial score (nSPS) is 11.5. The van der Waals surface area contributed by atoms with Crippen LogP contribution in [0.15, 0.2) is 60.9 Å². The Morgan fingerprint density at radius 3 is 2.36 bits per heavy atom. The zero-order valence-electron chi connectivity index (χ0n) is 21.5. The Hall–Kier alpha value is -4.20. The summed E-state index contributed by atoms with van der Waals surface area (Å²) in [4.78, 5) is 29.7. The van der Waals surface area contributed by atoms with E-state index in [9.17, 15) is 9.59 Å².